The van der Waals surface area contributed by atoms with Crippen molar-refractivity contribution < 1.29 is 18.0 Å². The van der Waals surface area contributed by atoms with Crippen LogP contribution in [0, 0.1) is 18.8 Å². The molecule has 4 rings (SSSR count). The highest BCUT2D eigenvalue weighted by Crippen LogP contribution is 2.31. The van der Waals surface area contributed by atoms with Gasteiger partial charge in [-0.2, -0.15) is 4.31 Å². The highest BCUT2D eigenvalue weighted by Gasteiger charge is 2.33. The van der Waals surface area contributed by atoms with Gasteiger partial charge >= 0.3 is 0 Å². The molecule has 0 radical (unpaired) electrons. The first kappa shape index (κ1) is 21.5. The smallest absolute Gasteiger partial charge is 0.243 e. The monoisotopic (exact) mass is 441 g/mol. The number of sulfonamides is 1. The topological polar surface area (TPSA) is 95.6 Å². The molecule has 2 aromatic rings. The lowest BCUT2D eigenvalue weighted by molar-refractivity contribution is -0.121. The normalized spacial score (nSPS) is 19.6. The molecule has 1 aliphatic heterocycles. The lowest BCUT2D eigenvalue weighted by atomic mass is 9.98. The molecule has 2 amide bonds. The molecule has 1 saturated heterocycles. The second-order valence-corrected chi connectivity index (χ2v) is 10.2. The number of nitrogens with one attached hydrogen (secondary N) is 2. The van der Waals surface area contributed by atoms with Gasteiger partial charge in [-0.05, 0) is 62.4 Å². The molecular weight excluding hydrogens is 414 g/mol. The number of amides is 2. The van der Waals surface area contributed by atoms with Gasteiger partial charge in [0.25, 0.3) is 0 Å². The van der Waals surface area contributed by atoms with E-state index in [2.05, 4.69) is 10.6 Å². The second kappa shape index (κ2) is 8.80. The number of hydrogen-bond acceptors (Lipinski definition) is 4. The summed E-state index contributed by atoms with van der Waals surface area (Å²) < 4.78 is 27.3. The van der Waals surface area contributed by atoms with Gasteiger partial charge in [-0.3, -0.25) is 9.59 Å². The van der Waals surface area contributed by atoms with Crippen molar-refractivity contribution in [3.8, 4) is 0 Å². The third-order valence-corrected chi connectivity index (χ3v) is 7.73. The van der Waals surface area contributed by atoms with Gasteiger partial charge in [-0.15, -0.1) is 0 Å². The molecule has 8 heteroatoms. The molecule has 2 aromatic carbocycles. The van der Waals surface area contributed by atoms with E-state index in [1.165, 1.54) is 4.31 Å². The Morgan fingerprint density at radius 2 is 1.65 bits per heavy atom. The van der Waals surface area contributed by atoms with Crippen molar-refractivity contribution in [1.29, 1.82) is 0 Å². The Bertz CT molecular complexity index is 1080. The average Bonchev–Trinajstić information content (AvgIpc) is 3.62. The summed E-state index contributed by atoms with van der Waals surface area (Å²) in [6.07, 6.45) is 3.10. The highest BCUT2D eigenvalue weighted by molar-refractivity contribution is 7.89. The summed E-state index contributed by atoms with van der Waals surface area (Å²) in [6.45, 7) is 2.44. The van der Waals surface area contributed by atoms with Crippen LogP contribution in [0.25, 0.3) is 0 Å². The lowest BCUT2D eigenvalue weighted by Gasteiger charge is -2.31. The summed E-state index contributed by atoms with van der Waals surface area (Å²) in [6, 6.07) is 13.7. The zero-order valence-electron chi connectivity index (χ0n) is 17.5. The summed E-state index contributed by atoms with van der Waals surface area (Å²) in [7, 11) is -3.63. The number of carbonyl (C=O) groups is 2. The number of carbonyl (C=O) groups excluding carboxylic acids is 2. The van der Waals surface area contributed by atoms with Crippen LogP contribution in [0.5, 0.6) is 0 Å². The first-order valence-electron chi connectivity index (χ1n) is 10.6. The number of nitrogens with zero attached hydrogens (tertiary/aromatic N) is 1. The van der Waals surface area contributed by atoms with Gasteiger partial charge in [0, 0.05) is 30.4 Å². The van der Waals surface area contributed by atoms with Crippen molar-refractivity contribution in [2.24, 2.45) is 11.8 Å². The van der Waals surface area contributed by atoms with Gasteiger partial charge < -0.3 is 10.6 Å². The minimum absolute atomic E-state index is 0.00942. The molecule has 0 spiro atoms. The van der Waals surface area contributed by atoms with Crippen LogP contribution < -0.4 is 10.6 Å². The third-order valence-electron chi connectivity index (χ3n) is 5.85. The number of aryl methyl sites for hydroxylation is 1. The fourth-order valence-electron chi connectivity index (χ4n) is 3.78. The highest BCUT2D eigenvalue weighted by atomic mass is 32.2. The molecule has 7 nitrogen and oxygen atoms in total. The standard InChI is InChI=1S/C23H27N3O4S/c1-16-9-12-19(24-22(27)17-10-11-17)14-21(16)25-23(28)18-6-5-13-26(15-18)31(29,30)20-7-3-2-4-8-20/h2-4,7-9,12,14,17-18H,5-6,10-11,13,15H2,1H3,(H,24,27)(H,25,28). The van der Waals surface area contributed by atoms with Crippen LogP contribution in [0.2, 0.25) is 0 Å². The minimum atomic E-state index is -3.63. The second-order valence-electron chi connectivity index (χ2n) is 8.30. The number of benzene rings is 2. The van der Waals surface area contributed by atoms with Crippen molar-refractivity contribution >= 4 is 33.2 Å². The number of hydrogen-bond donors (Lipinski definition) is 2. The summed E-state index contributed by atoms with van der Waals surface area (Å²) in [5.41, 5.74) is 2.15. The molecule has 1 unspecified atom stereocenters. The minimum Gasteiger partial charge on any atom is -0.326 e. The SMILES string of the molecule is Cc1ccc(NC(=O)C2CC2)cc1NC(=O)C1CCCN(S(=O)(=O)c2ccccc2)C1. The maximum Gasteiger partial charge on any atom is 0.243 e. The molecule has 2 aliphatic rings. The summed E-state index contributed by atoms with van der Waals surface area (Å²) in [5.74, 6) is -0.535. The van der Waals surface area contributed by atoms with Crippen LogP contribution >= 0.6 is 0 Å². The van der Waals surface area contributed by atoms with Crippen LogP contribution in [0.4, 0.5) is 11.4 Å². The van der Waals surface area contributed by atoms with Crippen molar-refractivity contribution in [2.45, 2.75) is 37.5 Å². The Morgan fingerprint density at radius 3 is 2.35 bits per heavy atom. The van der Waals surface area contributed by atoms with Crippen LogP contribution in [-0.2, 0) is 19.6 Å². The number of rotatable bonds is 6. The van der Waals surface area contributed by atoms with Crippen molar-refractivity contribution in [2.75, 3.05) is 23.7 Å². The van der Waals surface area contributed by atoms with Crippen LogP contribution in [0.1, 0.15) is 31.2 Å². The van der Waals surface area contributed by atoms with Gasteiger partial charge in [0.15, 0.2) is 0 Å². The first-order chi connectivity index (χ1) is 14.8. The van der Waals surface area contributed by atoms with Gasteiger partial charge in [0.1, 0.15) is 0 Å². The van der Waals surface area contributed by atoms with Gasteiger partial charge in [-0.25, -0.2) is 8.42 Å². The predicted molar refractivity (Wildman–Crippen MR) is 119 cm³/mol. The Kier molecular flexibility index (Phi) is 6.11. The largest absolute Gasteiger partial charge is 0.326 e. The van der Waals surface area contributed by atoms with E-state index in [0.29, 0.717) is 30.8 Å². The molecule has 1 saturated carbocycles. The molecule has 0 aromatic heterocycles. The summed E-state index contributed by atoms with van der Waals surface area (Å²) in [5, 5.41) is 5.83. The van der Waals surface area contributed by atoms with Crippen LogP contribution in [-0.4, -0.2) is 37.6 Å². The number of anilines is 2. The summed E-state index contributed by atoms with van der Waals surface area (Å²) in [4.78, 5) is 25.2. The van der Waals surface area contributed by atoms with Crippen molar-refractivity contribution in [3.05, 3.63) is 54.1 Å². The van der Waals surface area contributed by atoms with Crippen LogP contribution in [0.15, 0.2) is 53.4 Å². The quantitative estimate of drug-likeness (QED) is 0.718. The van der Waals surface area contributed by atoms with E-state index in [4.69, 9.17) is 0 Å². The Hall–Kier alpha value is -2.71. The van der Waals surface area contributed by atoms with Gasteiger partial charge in [0.05, 0.1) is 10.8 Å². The van der Waals surface area contributed by atoms with Crippen molar-refractivity contribution in [1.82, 2.24) is 4.31 Å². The van der Waals surface area contributed by atoms with E-state index in [-0.39, 0.29) is 29.2 Å². The fourth-order valence-corrected chi connectivity index (χ4v) is 5.32. The Balaban J connectivity index is 1.44. The molecule has 164 valence electrons. The molecule has 0 bridgehead atoms. The van der Waals surface area contributed by atoms with Crippen LogP contribution in [0.3, 0.4) is 0 Å². The van der Waals surface area contributed by atoms with Gasteiger partial charge in [0.2, 0.25) is 21.8 Å². The molecule has 31 heavy (non-hydrogen) atoms. The molecule has 1 aliphatic carbocycles. The predicted octanol–water partition coefficient (Wildman–Crippen LogP) is 3.38. The van der Waals surface area contributed by atoms with Crippen molar-refractivity contribution in [3.63, 3.8) is 0 Å². The van der Waals surface area contributed by atoms with E-state index in [1.54, 1.807) is 36.4 Å². The fraction of sp³-hybridized carbons (Fsp3) is 0.391. The molecule has 2 fully saturated rings. The summed E-state index contributed by atoms with van der Waals surface area (Å²) >= 11 is 0. The first-order valence-corrected chi connectivity index (χ1v) is 12.1. The lowest BCUT2D eigenvalue weighted by Crippen LogP contribution is -2.43. The third kappa shape index (κ3) is 4.97. The maximum atomic E-state index is 13.0. The number of piperidine rings is 1. The maximum absolute atomic E-state index is 13.0. The zero-order chi connectivity index (χ0) is 22.0. The average molecular weight is 442 g/mol. The van der Waals surface area contributed by atoms with E-state index in [9.17, 15) is 18.0 Å². The van der Waals surface area contributed by atoms with E-state index < -0.39 is 15.9 Å². The molecule has 2 N–H and O–H groups in total. The van der Waals surface area contributed by atoms with E-state index >= 15 is 0 Å². The Labute approximate surface area is 182 Å². The van der Waals surface area contributed by atoms with Gasteiger partial charge in [-0.1, -0.05) is 24.3 Å². The zero-order valence-corrected chi connectivity index (χ0v) is 18.3. The molecule has 1 atom stereocenters. The molecule has 1 heterocycles. The Morgan fingerprint density at radius 1 is 0.935 bits per heavy atom. The molecular formula is C23H27N3O4S. The van der Waals surface area contributed by atoms with E-state index in [0.717, 1.165) is 18.4 Å². The van der Waals surface area contributed by atoms with E-state index in [1.807, 2.05) is 19.1 Å².